The van der Waals surface area contributed by atoms with Crippen LogP contribution in [0.5, 0.6) is 0 Å². The molecule has 2 fully saturated rings. The van der Waals surface area contributed by atoms with Crippen molar-refractivity contribution in [2.45, 2.75) is 104 Å². The Labute approximate surface area is 285 Å². The van der Waals surface area contributed by atoms with Crippen LogP contribution in [0.4, 0.5) is 0 Å². The summed E-state index contributed by atoms with van der Waals surface area (Å²) in [6.45, 7) is 13.2. The van der Waals surface area contributed by atoms with Crippen molar-refractivity contribution in [3.63, 3.8) is 0 Å². The summed E-state index contributed by atoms with van der Waals surface area (Å²) < 4.78 is 5.71. The minimum absolute atomic E-state index is 0.0132. The van der Waals surface area contributed by atoms with Crippen LogP contribution in [0.15, 0.2) is 30.3 Å². The van der Waals surface area contributed by atoms with Gasteiger partial charge in [-0.3, -0.25) is 28.8 Å². The van der Waals surface area contributed by atoms with Crippen LogP contribution in [-0.4, -0.2) is 108 Å². The normalized spacial score (nSPS) is 27.7. The molecule has 0 saturated carbocycles. The first-order valence-electron chi connectivity index (χ1n) is 17.2. The van der Waals surface area contributed by atoms with Gasteiger partial charge in [-0.1, -0.05) is 78.8 Å². The van der Waals surface area contributed by atoms with Gasteiger partial charge in [0.1, 0.15) is 30.3 Å². The third-order valence-electron chi connectivity index (χ3n) is 9.53. The molecule has 0 aromatic heterocycles. The summed E-state index contributed by atoms with van der Waals surface area (Å²) in [6, 6.07) is 5.61. The average molecular weight is 670 g/mol. The van der Waals surface area contributed by atoms with Crippen molar-refractivity contribution >= 4 is 35.5 Å². The molecule has 0 spiro atoms. The molecule has 6 atom stereocenters. The lowest BCUT2D eigenvalue weighted by atomic mass is 9.95. The molecule has 1 aromatic rings. The predicted molar refractivity (Wildman–Crippen MR) is 181 cm³/mol. The summed E-state index contributed by atoms with van der Waals surface area (Å²) in [7, 11) is 3.09. The van der Waals surface area contributed by atoms with Gasteiger partial charge in [-0.15, -0.1) is 0 Å². The minimum atomic E-state index is -1.03. The molecular formula is C36H55N5O7. The molecule has 5 amide bonds. The lowest BCUT2D eigenvalue weighted by molar-refractivity contribution is -0.155. The fourth-order valence-electron chi connectivity index (χ4n) is 6.81. The Balaban J connectivity index is 2.07. The molecule has 0 radical (unpaired) electrons. The van der Waals surface area contributed by atoms with E-state index in [1.165, 1.54) is 14.7 Å². The van der Waals surface area contributed by atoms with Crippen molar-refractivity contribution in [1.82, 2.24) is 25.3 Å². The third kappa shape index (κ3) is 9.35. The Morgan fingerprint density at radius 2 is 1.42 bits per heavy atom. The number of carbonyl (C=O) groups excluding carboxylic acids is 6. The van der Waals surface area contributed by atoms with E-state index in [1.54, 1.807) is 14.1 Å². The molecule has 3 rings (SSSR count). The van der Waals surface area contributed by atoms with E-state index >= 15 is 0 Å². The number of likely N-dealkylation sites (N-methyl/N-ethyl adjacent to an activating group) is 2. The summed E-state index contributed by atoms with van der Waals surface area (Å²) in [5.41, 5.74) is 0.814. The van der Waals surface area contributed by atoms with E-state index in [1.807, 2.05) is 78.8 Å². The number of fused-ring (bicyclic) bond motifs is 1. The smallest absolute Gasteiger partial charge is 0.307 e. The van der Waals surface area contributed by atoms with Crippen LogP contribution in [0, 0.1) is 23.7 Å². The molecule has 4 unspecified atom stereocenters. The second-order valence-electron chi connectivity index (χ2n) is 14.3. The fraction of sp³-hybridized carbons (Fsp3) is 0.667. The van der Waals surface area contributed by atoms with E-state index in [9.17, 15) is 28.8 Å². The van der Waals surface area contributed by atoms with E-state index < -0.39 is 59.9 Å². The molecule has 12 heteroatoms. The highest BCUT2D eigenvalue weighted by Crippen LogP contribution is 2.27. The second kappa shape index (κ2) is 16.9. The maximum Gasteiger partial charge on any atom is 0.307 e. The lowest BCUT2D eigenvalue weighted by Crippen LogP contribution is -2.61. The first-order chi connectivity index (χ1) is 22.5. The van der Waals surface area contributed by atoms with Crippen LogP contribution in [0.25, 0.3) is 0 Å². The van der Waals surface area contributed by atoms with Gasteiger partial charge in [-0.05, 0) is 35.7 Å². The molecule has 2 N–H and O–H groups in total. The maximum atomic E-state index is 14.3. The summed E-state index contributed by atoms with van der Waals surface area (Å²) >= 11 is 0. The van der Waals surface area contributed by atoms with Gasteiger partial charge >= 0.3 is 5.97 Å². The number of nitrogens with zero attached hydrogens (tertiary/aromatic N) is 3. The zero-order valence-corrected chi connectivity index (χ0v) is 30.0. The lowest BCUT2D eigenvalue weighted by Gasteiger charge is -2.39. The first kappa shape index (κ1) is 38.5. The van der Waals surface area contributed by atoms with E-state index in [0.717, 1.165) is 5.56 Å². The number of nitrogens with one attached hydrogen (secondary N) is 2. The van der Waals surface area contributed by atoms with Crippen molar-refractivity contribution in [3.05, 3.63) is 35.9 Å². The van der Waals surface area contributed by atoms with Gasteiger partial charge in [-0.25, -0.2) is 0 Å². The number of cyclic esters (lactones) is 1. The molecule has 1 aromatic carbocycles. The largest absolute Gasteiger partial charge is 0.461 e. The zero-order chi connectivity index (χ0) is 35.9. The van der Waals surface area contributed by atoms with Crippen molar-refractivity contribution < 1.29 is 33.5 Å². The number of hydrogen-bond acceptors (Lipinski definition) is 7. The molecule has 2 heterocycles. The van der Waals surface area contributed by atoms with Crippen LogP contribution < -0.4 is 10.6 Å². The highest BCUT2D eigenvalue weighted by Gasteiger charge is 2.43. The molecule has 266 valence electrons. The van der Waals surface area contributed by atoms with Gasteiger partial charge in [0.25, 0.3) is 0 Å². The van der Waals surface area contributed by atoms with Crippen LogP contribution in [-0.2, 0) is 39.9 Å². The molecule has 0 bridgehead atoms. The monoisotopic (exact) mass is 669 g/mol. The number of carbonyl (C=O) groups is 6. The van der Waals surface area contributed by atoms with Crippen molar-refractivity contribution in [3.8, 4) is 0 Å². The van der Waals surface area contributed by atoms with Crippen molar-refractivity contribution in [2.24, 2.45) is 23.7 Å². The Morgan fingerprint density at radius 3 is 2.00 bits per heavy atom. The molecule has 2 aliphatic heterocycles. The Bertz CT molecular complexity index is 1320. The number of benzene rings is 1. The third-order valence-corrected chi connectivity index (χ3v) is 9.53. The molecule has 48 heavy (non-hydrogen) atoms. The highest BCUT2D eigenvalue weighted by molar-refractivity contribution is 5.96. The SMILES string of the molecule is CC(C)C1CC(=O)N2CCC(C)[C@H]2C(=O)NC(Cc2ccccc2)C(=O)N(C)[C@@H](C(C)C)C(=O)N(C)C(C(C)C)C(=O)NCCC(=O)O1. The van der Waals surface area contributed by atoms with Crippen LogP contribution in [0.2, 0.25) is 0 Å². The maximum absolute atomic E-state index is 14.3. The average Bonchev–Trinajstić information content (AvgIpc) is 3.41. The number of ether oxygens (including phenoxy) is 1. The van der Waals surface area contributed by atoms with Crippen molar-refractivity contribution in [1.29, 1.82) is 0 Å². The zero-order valence-electron chi connectivity index (χ0n) is 30.0. The van der Waals surface area contributed by atoms with Gasteiger partial charge in [-0.2, -0.15) is 0 Å². The second-order valence-corrected chi connectivity index (χ2v) is 14.3. The van der Waals surface area contributed by atoms with Crippen molar-refractivity contribution in [2.75, 3.05) is 27.2 Å². The van der Waals surface area contributed by atoms with E-state index in [2.05, 4.69) is 10.6 Å². The number of esters is 1. The fourth-order valence-corrected chi connectivity index (χ4v) is 6.81. The first-order valence-corrected chi connectivity index (χ1v) is 17.2. The molecule has 2 saturated heterocycles. The molecule has 2 aliphatic rings. The van der Waals surface area contributed by atoms with Gasteiger partial charge in [0, 0.05) is 33.6 Å². The van der Waals surface area contributed by atoms with Gasteiger partial charge in [0.15, 0.2) is 0 Å². The summed E-state index contributed by atoms with van der Waals surface area (Å²) in [5.74, 6) is -3.61. The Morgan fingerprint density at radius 1 is 0.812 bits per heavy atom. The predicted octanol–water partition coefficient (Wildman–Crippen LogP) is 2.39. The van der Waals surface area contributed by atoms with Gasteiger partial charge in [0.05, 0.1) is 12.8 Å². The summed E-state index contributed by atoms with van der Waals surface area (Å²) in [6.07, 6.45) is -0.180. The summed E-state index contributed by atoms with van der Waals surface area (Å²) in [4.78, 5) is 86.8. The van der Waals surface area contributed by atoms with Crippen LogP contribution in [0.3, 0.4) is 0 Å². The molecular weight excluding hydrogens is 614 g/mol. The van der Waals surface area contributed by atoms with E-state index in [4.69, 9.17) is 4.74 Å². The highest BCUT2D eigenvalue weighted by atomic mass is 16.5. The molecule has 12 nitrogen and oxygen atoms in total. The number of rotatable bonds is 5. The van der Waals surface area contributed by atoms with Gasteiger partial charge in [0.2, 0.25) is 29.5 Å². The topological polar surface area (TPSA) is 145 Å². The summed E-state index contributed by atoms with van der Waals surface area (Å²) in [5, 5.41) is 5.72. The van der Waals surface area contributed by atoms with Crippen LogP contribution in [0.1, 0.15) is 73.3 Å². The van der Waals surface area contributed by atoms with E-state index in [0.29, 0.717) is 13.0 Å². The van der Waals surface area contributed by atoms with Gasteiger partial charge < -0.3 is 30.1 Å². The molecule has 0 aliphatic carbocycles. The quantitative estimate of drug-likeness (QED) is 0.458. The number of hydrogen-bond donors (Lipinski definition) is 2. The number of amides is 5. The van der Waals surface area contributed by atoms with Crippen LogP contribution >= 0.6 is 0 Å². The Hall–Kier alpha value is -3.96. The standard InChI is InChI=1S/C36H55N5O7/c1-21(2)27-20-28(42)41-18-16-24(7)32(41)34(45)38-26(19-25-13-11-10-12-14-25)35(46)40(9)31(23(5)6)36(47)39(8)30(22(3)4)33(44)37-17-15-29(43)48-27/h10-14,21-24,26-27,30-32H,15-20H2,1-9H3,(H,37,44)(H,38,45)/t24?,26?,27?,30?,31-,32-/m0/s1. The Kier molecular flexibility index (Phi) is 13.6. The minimum Gasteiger partial charge on any atom is -0.461 e. The van der Waals surface area contributed by atoms with E-state index in [-0.39, 0.29) is 55.4 Å².